The molecular formula is C17H27N3O3. The van der Waals surface area contributed by atoms with Gasteiger partial charge in [-0.3, -0.25) is 4.79 Å². The third kappa shape index (κ3) is 5.80. The zero-order chi connectivity index (χ0) is 16.7. The second kappa shape index (κ2) is 8.84. The average molecular weight is 321 g/mol. The topological polar surface area (TPSA) is 88.7 Å². The first-order valence-electron chi connectivity index (χ1n) is 8.31. The number of ether oxygens (including phenoxy) is 1. The molecule has 0 bridgehead atoms. The quantitative estimate of drug-likeness (QED) is 0.749. The molecule has 1 amide bonds. The molecule has 0 radical (unpaired) electrons. The lowest BCUT2D eigenvalue weighted by Crippen LogP contribution is -2.36. The highest BCUT2D eigenvalue weighted by Crippen LogP contribution is 2.17. The number of rotatable bonds is 8. The molecule has 6 heteroatoms. The van der Waals surface area contributed by atoms with Crippen molar-refractivity contribution in [3.8, 4) is 0 Å². The van der Waals surface area contributed by atoms with Gasteiger partial charge >= 0.3 is 0 Å². The molecule has 0 aromatic carbocycles. The molecule has 0 spiro atoms. The fraction of sp³-hybridized carbons (Fsp3) is 0.647. The van der Waals surface area contributed by atoms with Crippen LogP contribution in [0.25, 0.3) is 0 Å². The van der Waals surface area contributed by atoms with Crippen LogP contribution in [0.15, 0.2) is 18.2 Å². The highest BCUT2D eigenvalue weighted by atomic mass is 16.5. The number of carbonyl (C=O) groups excluding carboxylic acids is 1. The van der Waals surface area contributed by atoms with E-state index < -0.39 is 12.0 Å². The predicted octanol–water partition coefficient (Wildman–Crippen LogP) is 1.11. The van der Waals surface area contributed by atoms with Crippen LogP contribution in [0.4, 0.5) is 5.82 Å². The van der Waals surface area contributed by atoms with Gasteiger partial charge in [0.2, 0.25) is 5.91 Å². The number of nitrogens with two attached hydrogens (primary N) is 1. The van der Waals surface area contributed by atoms with E-state index in [4.69, 9.17) is 15.5 Å². The molecule has 0 aliphatic carbocycles. The monoisotopic (exact) mass is 321 g/mol. The number of pyridine rings is 1. The van der Waals surface area contributed by atoms with Crippen molar-refractivity contribution in [3.05, 3.63) is 23.9 Å². The largest absolute Gasteiger partial charge is 0.392 e. The first-order chi connectivity index (χ1) is 11.1. The molecule has 3 N–H and O–H groups in total. The van der Waals surface area contributed by atoms with Gasteiger partial charge in [0, 0.05) is 18.8 Å². The Bertz CT molecular complexity index is 504. The number of aliphatic hydroxyl groups excluding tert-OH is 1. The highest BCUT2D eigenvalue weighted by molar-refractivity contribution is 5.74. The van der Waals surface area contributed by atoms with Crippen molar-refractivity contribution < 1.29 is 14.6 Å². The van der Waals surface area contributed by atoms with E-state index in [2.05, 4.69) is 4.90 Å². The van der Waals surface area contributed by atoms with Crippen LogP contribution in [0.5, 0.6) is 0 Å². The lowest BCUT2D eigenvalue weighted by molar-refractivity contribution is -0.120. The Morgan fingerprint density at radius 3 is 2.87 bits per heavy atom. The molecule has 2 rings (SSSR count). The van der Waals surface area contributed by atoms with Gasteiger partial charge in [-0.05, 0) is 37.3 Å². The maximum Gasteiger partial charge on any atom is 0.220 e. The van der Waals surface area contributed by atoms with E-state index in [1.807, 2.05) is 25.1 Å². The SMILES string of the molecule is C[C@H](CCCc1cccc(N2CCOCC2)n1)[C@@H](O)CC(N)=O. The molecule has 0 unspecified atom stereocenters. The molecule has 2 atom stereocenters. The van der Waals surface area contributed by atoms with Gasteiger partial charge in [-0.2, -0.15) is 0 Å². The second-order valence-corrected chi connectivity index (χ2v) is 6.19. The number of nitrogens with zero attached hydrogens (tertiary/aromatic N) is 2. The van der Waals surface area contributed by atoms with E-state index in [9.17, 15) is 9.90 Å². The Kier molecular flexibility index (Phi) is 6.80. The Morgan fingerprint density at radius 1 is 1.43 bits per heavy atom. The van der Waals surface area contributed by atoms with Gasteiger partial charge in [-0.15, -0.1) is 0 Å². The predicted molar refractivity (Wildman–Crippen MR) is 89.2 cm³/mol. The van der Waals surface area contributed by atoms with Crippen LogP contribution in [0.2, 0.25) is 0 Å². The third-order valence-corrected chi connectivity index (χ3v) is 4.29. The van der Waals surface area contributed by atoms with E-state index in [1.54, 1.807) is 0 Å². The number of aryl methyl sites for hydroxylation is 1. The Morgan fingerprint density at radius 2 is 2.17 bits per heavy atom. The van der Waals surface area contributed by atoms with Crippen LogP contribution in [0, 0.1) is 5.92 Å². The minimum Gasteiger partial charge on any atom is -0.392 e. The van der Waals surface area contributed by atoms with Gasteiger partial charge in [-0.25, -0.2) is 4.98 Å². The van der Waals surface area contributed by atoms with Gasteiger partial charge in [0.1, 0.15) is 5.82 Å². The Hall–Kier alpha value is -1.66. The lowest BCUT2D eigenvalue weighted by atomic mass is 9.95. The number of carbonyl (C=O) groups is 1. The fourth-order valence-corrected chi connectivity index (χ4v) is 2.78. The minimum absolute atomic E-state index is 0.0337. The first-order valence-corrected chi connectivity index (χ1v) is 8.31. The smallest absolute Gasteiger partial charge is 0.220 e. The fourth-order valence-electron chi connectivity index (χ4n) is 2.78. The lowest BCUT2D eigenvalue weighted by Gasteiger charge is -2.28. The molecule has 1 saturated heterocycles. The summed E-state index contributed by atoms with van der Waals surface area (Å²) in [6, 6.07) is 6.11. The molecule has 128 valence electrons. The molecule has 6 nitrogen and oxygen atoms in total. The number of primary amides is 1. The molecule has 1 aromatic heterocycles. The number of morpholine rings is 1. The van der Waals surface area contributed by atoms with E-state index in [-0.39, 0.29) is 12.3 Å². The van der Waals surface area contributed by atoms with E-state index in [0.29, 0.717) is 0 Å². The summed E-state index contributed by atoms with van der Waals surface area (Å²) in [5.41, 5.74) is 6.18. The van der Waals surface area contributed by atoms with Crippen molar-refractivity contribution in [3.63, 3.8) is 0 Å². The maximum atomic E-state index is 10.8. The zero-order valence-corrected chi connectivity index (χ0v) is 13.8. The highest BCUT2D eigenvalue weighted by Gasteiger charge is 2.16. The second-order valence-electron chi connectivity index (χ2n) is 6.19. The van der Waals surface area contributed by atoms with Crippen LogP contribution in [0.3, 0.4) is 0 Å². The zero-order valence-electron chi connectivity index (χ0n) is 13.8. The Labute approximate surface area is 137 Å². The molecule has 1 fully saturated rings. The molecule has 23 heavy (non-hydrogen) atoms. The summed E-state index contributed by atoms with van der Waals surface area (Å²) in [5.74, 6) is 0.613. The van der Waals surface area contributed by atoms with Gasteiger partial charge in [-0.1, -0.05) is 13.0 Å². The van der Waals surface area contributed by atoms with E-state index >= 15 is 0 Å². The van der Waals surface area contributed by atoms with E-state index in [1.165, 1.54) is 0 Å². The van der Waals surface area contributed by atoms with Crippen LogP contribution in [0.1, 0.15) is 31.9 Å². The summed E-state index contributed by atoms with van der Waals surface area (Å²) in [6.07, 6.45) is 2.02. The van der Waals surface area contributed by atoms with Gasteiger partial charge in [0.15, 0.2) is 0 Å². The molecule has 2 heterocycles. The first kappa shape index (κ1) is 17.7. The number of aromatic nitrogens is 1. The molecule has 0 saturated carbocycles. The minimum atomic E-state index is -0.653. The van der Waals surface area contributed by atoms with Crippen molar-refractivity contribution in [2.75, 3.05) is 31.2 Å². The number of aliphatic hydroxyl groups is 1. The van der Waals surface area contributed by atoms with E-state index in [0.717, 1.165) is 57.1 Å². The summed E-state index contributed by atoms with van der Waals surface area (Å²) in [6.45, 7) is 5.22. The van der Waals surface area contributed by atoms with Gasteiger partial charge < -0.3 is 20.5 Å². The Balaban J connectivity index is 1.80. The number of amides is 1. The summed E-state index contributed by atoms with van der Waals surface area (Å²) in [5, 5.41) is 9.86. The van der Waals surface area contributed by atoms with Crippen LogP contribution in [-0.4, -0.2) is 48.4 Å². The molecule has 1 aliphatic heterocycles. The van der Waals surface area contributed by atoms with Crippen LogP contribution < -0.4 is 10.6 Å². The average Bonchev–Trinajstić information content (AvgIpc) is 2.55. The summed E-state index contributed by atoms with van der Waals surface area (Å²) in [7, 11) is 0. The summed E-state index contributed by atoms with van der Waals surface area (Å²) < 4.78 is 5.37. The number of hydrogen-bond acceptors (Lipinski definition) is 5. The van der Waals surface area contributed by atoms with Crippen molar-refractivity contribution in [2.24, 2.45) is 11.7 Å². The van der Waals surface area contributed by atoms with Crippen molar-refractivity contribution in [2.45, 2.75) is 38.7 Å². The van der Waals surface area contributed by atoms with Crippen molar-refractivity contribution in [1.29, 1.82) is 0 Å². The molecule has 1 aromatic rings. The number of anilines is 1. The standard InChI is InChI=1S/C17H27N3O3/c1-13(15(21)12-16(18)22)4-2-5-14-6-3-7-17(19-14)20-8-10-23-11-9-20/h3,6-7,13,15,21H,2,4-5,8-12H2,1H3,(H2,18,22)/t13-,15+/m1/s1. The van der Waals surface area contributed by atoms with Crippen LogP contribution in [-0.2, 0) is 16.0 Å². The maximum absolute atomic E-state index is 10.8. The normalized spacial score (nSPS) is 17.7. The number of hydrogen-bond donors (Lipinski definition) is 2. The van der Waals surface area contributed by atoms with Crippen molar-refractivity contribution >= 4 is 11.7 Å². The summed E-state index contributed by atoms with van der Waals surface area (Å²) >= 11 is 0. The van der Waals surface area contributed by atoms with Gasteiger partial charge in [0.05, 0.1) is 25.7 Å². The van der Waals surface area contributed by atoms with Crippen LogP contribution >= 0.6 is 0 Å². The van der Waals surface area contributed by atoms with Gasteiger partial charge in [0.25, 0.3) is 0 Å². The summed E-state index contributed by atoms with van der Waals surface area (Å²) in [4.78, 5) is 17.8. The molecule has 1 aliphatic rings. The van der Waals surface area contributed by atoms with Crippen molar-refractivity contribution in [1.82, 2.24) is 4.98 Å². The molecular weight excluding hydrogens is 294 g/mol. The third-order valence-electron chi connectivity index (χ3n) is 4.29.